The monoisotopic (exact) mass is 418 g/mol. The first-order valence-electron chi connectivity index (χ1n) is 9.54. The molecular formula is C21H26N2O5S. The zero-order chi connectivity index (χ0) is 20.9. The molecule has 1 unspecified atom stereocenters. The van der Waals surface area contributed by atoms with Crippen molar-refractivity contribution in [3.8, 4) is 5.75 Å². The summed E-state index contributed by atoms with van der Waals surface area (Å²) >= 11 is 0. The summed E-state index contributed by atoms with van der Waals surface area (Å²) in [6, 6.07) is 11.5. The summed E-state index contributed by atoms with van der Waals surface area (Å²) in [5.74, 6) is 0.177. The molecule has 1 heterocycles. The Kier molecular flexibility index (Phi) is 6.76. The average molecular weight is 419 g/mol. The van der Waals surface area contributed by atoms with Crippen molar-refractivity contribution in [3.05, 3.63) is 53.6 Å². The molecule has 1 atom stereocenters. The summed E-state index contributed by atoms with van der Waals surface area (Å²) in [4.78, 5) is 12.0. The lowest BCUT2D eigenvalue weighted by Gasteiger charge is -2.12. The summed E-state index contributed by atoms with van der Waals surface area (Å²) in [5.41, 5.74) is 2.47. The predicted molar refractivity (Wildman–Crippen MR) is 111 cm³/mol. The largest absolute Gasteiger partial charge is 0.484 e. The number of amides is 1. The van der Waals surface area contributed by atoms with Crippen LogP contribution in [0, 0.1) is 13.8 Å². The van der Waals surface area contributed by atoms with Gasteiger partial charge < -0.3 is 14.8 Å². The molecule has 1 aliphatic rings. The number of ether oxygens (including phenoxy) is 2. The van der Waals surface area contributed by atoms with E-state index in [0.29, 0.717) is 18.0 Å². The van der Waals surface area contributed by atoms with Gasteiger partial charge in [-0.05, 0) is 74.2 Å². The quantitative estimate of drug-likeness (QED) is 0.688. The van der Waals surface area contributed by atoms with Crippen LogP contribution < -0.4 is 14.8 Å². The van der Waals surface area contributed by atoms with Crippen molar-refractivity contribution in [2.75, 3.05) is 24.5 Å². The molecule has 3 rings (SSSR count). The van der Waals surface area contributed by atoms with E-state index in [1.807, 2.05) is 19.9 Å². The van der Waals surface area contributed by atoms with Crippen LogP contribution in [-0.4, -0.2) is 40.2 Å². The minimum atomic E-state index is -3.71. The molecule has 0 aliphatic carbocycles. The molecule has 1 amide bonds. The second-order valence-corrected chi connectivity index (χ2v) is 8.86. The number of carbonyl (C=O) groups is 1. The highest BCUT2D eigenvalue weighted by Gasteiger charge is 2.17. The lowest BCUT2D eigenvalue weighted by Crippen LogP contribution is -2.35. The van der Waals surface area contributed by atoms with Crippen molar-refractivity contribution >= 4 is 21.6 Å². The van der Waals surface area contributed by atoms with Gasteiger partial charge in [-0.15, -0.1) is 0 Å². The number of rotatable bonds is 8. The fourth-order valence-corrected chi connectivity index (χ4v) is 4.24. The van der Waals surface area contributed by atoms with E-state index in [4.69, 9.17) is 9.47 Å². The topological polar surface area (TPSA) is 93.7 Å². The van der Waals surface area contributed by atoms with Crippen LogP contribution in [0.1, 0.15) is 24.0 Å². The molecule has 0 spiro atoms. The SMILES string of the molecule is Cc1cc(C)cc(NS(=O)(=O)c2ccc(OCC(=O)NCC3CCCO3)cc2)c1. The van der Waals surface area contributed by atoms with Gasteiger partial charge in [-0.1, -0.05) is 6.07 Å². The van der Waals surface area contributed by atoms with Gasteiger partial charge in [0.2, 0.25) is 0 Å². The molecule has 0 radical (unpaired) electrons. The van der Waals surface area contributed by atoms with Crippen LogP contribution in [0.5, 0.6) is 5.75 Å². The Balaban J connectivity index is 1.53. The summed E-state index contributed by atoms with van der Waals surface area (Å²) in [5, 5.41) is 2.77. The van der Waals surface area contributed by atoms with Crippen LogP contribution in [0.15, 0.2) is 47.4 Å². The van der Waals surface area contributed by atoms with Gasteiger partial charge in [0.15, 0.2) is 6.61 Å². The van der Waals surface area contributed by atoms with E-state index in [0.717, 1.165) is 30.6 Å². The molecule has 2 N–H and O–H groups in total. The zero-order valence-electron chi connectivity index (χ0n) is 16.6. The van der Waals surface area contributed by atoms with Crippen LogP contribution in [0.2, 0.25) is 0 Å². The molecule has 2 aromatic carbocycles. The fourth-order valence-electron chi connectivity index (χ4n) is 3.20. The highest BCUT2D eigenvalue weighted by atomic mass is 32.2. The Bertz CT molecular complexity index is 931. The Morgan fingerprint density at radius 3 is 2.45 bits per heavy atom. The number of anilines is 1. The first-order chi connectivity index (χ1) is 13.8. The molecule has 1 saturated heterocycles. The number of sulfonamides is 1. The van der Waals surface area contributed by atoms with Gasteiger partial charge in [-0.25, -0.2) is 8.42 Å². The standard InChI is InChI=1S/C21H26N2O5S/c1-15-10-16(2)12-17(11-15)23-29(25,26)20-7-5-18(6-8-20)28-14-21(24)22-13-19-4-3-9-27-19/h5-8,10-12,19,23H,3-4,9,13-14H2,1-2H3,(H,22,24). The number of aryl methyl sites for hydroxylation is 2. The van der Waals surface area contributed by atoms with E-state index in [1.54, 1.807) is 12.1 Å². The van der Waals surface area contributed by atoms with Crippen LogP contribution in [0.3, 0.4) is 0 Å². The van der Waals surface area contributed by atoms with Gasteiger partial charge in [0.1, 0.15) is 5.75 Å². The molecule has 0 aromatic heterocycles. The second kappa shape index (κ2) is 9.28. The minimum absolute atomic E-state index is 0.0770. The first-order valence-corrected chi connectivity index (χ1v) is 11.0. The summed E-state index contributed by atoms with van der Waals surface area (Å²) in [6.45, 7) is 4.90. The third kappa shape index (κ3) is 6.20. The van der Waals surface area contributed by atoms with Crippen molar-refractivity contribution in [1.29, 1.82) is 0 Å². The van der Waals surface area contributed by atoms with E-state index in [1.165, 1.54) is 24.3 Å². The molecule has 156 valence electrons. The van der Waals surface area contributed by atoms with E-state index < -0.39 is 10.0 Å². The van der Waals surface area contributed by atoms with Crippen molar-refractivity contribution in [3.63, 3.8) is 0 Å². The Morgan fingerprint density at radius 1 is 1.14 bits per heavy atom. The van der Waals surface area contributed by atoms with Gasteiger partial charge in [0.05, 0.1) is 11.0 Å². The van der Waals surface area contributed by atoms with E-state index in [-0.39, 0.29) is 23.5 Å². The van der Waals surface area contributed by atoms with Crippen LogP contribution >= 0.6 is 0 Å². The number of hydrogen-bond acceptors (Lipinski definition) is 5. The van der Waals surface area contributed by atoms with Crippen LogP contribution in [0.25, 0.3) is 0 Å². The van der Waals surface area contributed by atoms with Gasteiger partial charge in [0.25, 0.3) is 15.9 Å². The van der Waals surface area contributed by atoms with Gasteiger partial charge >= 0.3 is 0 Å². The molecular weight excluding hydrogens is 392 g/mol. The van der Waals surface area contributed by atoms with Gasteiger partial charge in [-0.2, -0.15) is 0 Å². The maximum Gasteiger partial charge on any atom is 0.261 e. The van der Waals surface area contributed by atoms with E-state index in [2.05, 4.69) is 10.0 Å². The number of benzene rings is 2. The molecule has 0 saturated carbocycles. The molecule has 8 heteroatoms. The van der Waals surface area contributed by atoms with Crippen molar-refractivity contribution in [1.82, 2.24) is 5.32 Å². The number of nitrogens with one attached hydrogen (secondary N) is 2. The predicted octanol–water partition coefficient (Wildman–Crippen LogP) is 2.78. The van der Waals surface area contributed by atoms with Crippen molar-refractivity contribution in [2.45, 2.75) is 37.7 Å². The molecule has 0 bridgehead atoms. The third-order valence-corrected chi connectivity index (χ3v) is 5.93. The van der Waals surface area contributed by atoms with Crippen LogP contribution in [0.4, 0.5) is 5.69 Å². The summed E-state index contributed by atoms with van der Waals surface area (Å²) < 4.78 is 38.6. The Hall–Kier alpha value is -2.58. The summed E-state index contributed by atoms with van der Waals surface area (Å²) in [7, 11) is -3.71. The normalized spacial score (nSPS) is 16.4. The summed E-state index contributed by atoms with van der Waals surface area (Å²) in [6.07, 6.45) is 2.05. The lowest BCUT2D eigenvalue weighted by atomic mass is 10.1. The molecule has 1 fully saturated rings. The molecule has 2 aromatic rings. The number of carbonyl (C=O) groups excluding carboxylic acids is 1. The van der Waals surface area contributed by atoms with E-state index in [9.17, 15) is 13.2 Å². The first kappa shape index (κ1) is 21.1. The molecule has 7 nitrogen and oxygen atoms in total. The lowest BCUT2D eigenvalue weighted by molar-refractivity contribution is -0.123. The van der Waals surface area contributed by atoms with Crippen LogP contribution in [-0.2, 0) is 19.6 Å². The Labute approximate surface area is 171 Å². The maximum atomic E-state index is 12.6. The van der Waals surface area contributed by atoms with Crippen molar-refractivity contribution in [2.24, 2.45) is 0 Å². The highest BCUT2D eigenvalue weighted by Crippen LogP contribution is 2.21. The van der Waals surface area contributed by atoms with Gasteiger partial charge in [-0.3, -0.25) is 9.52 Å². The fraction of sp³-hybridized carbons (Fsp3) is 0.381. The van der Waals surface area contributed by atoms with E-state index >= 15 is 0 Å². The third-order valence-electron chi connectivity index (χ3n) is 4.53. The highest BCUT2D eigenvalue weighted by molar-refractivity contribution is 7.92. The average Bonchev–Trinajstić information content (AvgIpc) is 3.17. The molecule has 29 heavy (non-hydrogen) atoms. The molecule has 1 aliphatic heterocycles. The minimum Gasteiger partial charge on any atom is -0.484 e. The zero-order valence-corrected chi connectivity index (χ0v) is 17.4. The van der Waals surface area contributed by atoms with Crippen molar-refractivity contribution < 1.29 is 22.7 Å². The van der Waals surface area contributed by atoms with Gasteiger partial charge in [0, 0.05) is 18.8 Å². The smallest absolute Gasteiger partial charge is 0.261 e. The Morgan fingerprint density at radius 2 is 1.83 bits per heavy atom. The second-order valence-electron chi connectivity index (χ2n) is 7.18. The maximum absolute atomic E-state index is 12.6. The number of hydrogen-bond donors (Lipinski definition) is 2.